The molecule has 0 saturated carbocycles. The van der Waals surface area contributed by atoms with Gasteiger partial charge in [-0.2, -0.15) is 0 Å². The van der Waals surface area contributed by atoms with Crippen LogP contribution in [0.1, 0.15) is 16.8 Å². The van der Waals surface area contributed by atoms with Gasteiger partial charge in [-0.15, -0.1) is 11.3 Å². The summed E-state index contributed by atoms with van der Waals surface area (Å²) in [6.07, 6.45) is 0.139. The van der Waals surface area contributed by atoms with E-state index in [2.05, 4.69) is 4.98 Å². The number of aromatic hydroxyl groups is 1. The molecule has 0 bridgehead atoms. The second-order valence-corrected chi connectivity index (χ2v) is 3.76. The molecule has 0 aliphatic rings. The minimum Gasteiger partial charge on any atom is -0.492 e. The summed E-state index contributed by atoms with van der Waals surface area (Å²) in [5.41, 5.74) is 0. The molecule has 1 aromatic heterocycles. The van der Waals surface area contributed by atoms with Gasteiger partial charge in [-0.1, -0.05) is 0 Å². The first-order valence-electron chi connectivity index (χ1n) is 3.94. The van der Waals surface area contributed by atoms with Crippen LogP contribution in [-0.2, 0) is 16.0 Å². The van der Waals surface area contributed by atoms with Crippen molar-refractivity contribution in [2.75, 3.05) is 6.61 Å². The number of nitrogens with zero attached hydrogens (tertiary/aromatic N) is 1. The fourth-order valence-corrected chi connectivity index (χ4v) is 1.67. The molecule has 0 aliphatic carbocycles. The Kier molecular flexibility index (Phi) is 3.25. The van der Waals surface area contributed by atoms with Crippen LogP contribution in [0.2, 0.25) is 0 Å². The van der Waals surface area contributed by atoms with Gasteiger partial charge in [0.1, 0.15) is 5.01 Å². The van der Waals surface area contributed by atoms with Crippen LogP contribution in [0.4, 0.5) is 0 Å². The third-order valence-corrected chi connectivity index (χ3v) is 2.38. The molecule has 4 nitrogen and oxygen atoms in total. The highest BCUT2D eigenvalue weighted by Crippen LogP contribution is 2.22. The Morgan fingerprint density at radius 2 is 2.38 bits per heavy atom. The predicted molar refractivity (Wildman–Crippen MR) is 48.9 cm³/mol. The predicted octanol–water partition coefficient (Wildman–Crippen LogP) is 1.26. The van der Waals surface area contributed by atoms with E-state index >= 15 is 0 Å². The highest BCUT2D eigenvalue weighted by atomic mass is 32.1. The monoisotopic (exact) mass is 201 g/mol. The number of aromatic nitrogens is 1. The van der Waals surface area contributed by atoms with Crippen molar-refractivity contribution in [1.82, 2.24) is 4.98 Å². The summed E-state index contributed by atoms with van der Waals surface area (Å²) in [4.78, 5) is 15.5. The number of carbonyl (C=O) groups excluding carboxylic acids is 1. The zero-order valence-electron chi connectivity index (χ0n) is 7.53. The van der Waals surface area contributed by atoms with Gasteiger partial charge in [0.2, 0.25) is 5.88 Å². The molecule has 1 aromatic rings. The summed E-state index contributed by atoms with van der Waals surface area (Å²) in [5.74, 6) is -0.305. The number of ether oxygens (including phenoxy) is 1. The van der Waals surface area contributed by atoms with E-state index < -0.39 is 0 Å². The Labute approximate surface area is 80.2 Å². The molecule has 0 saturated heterocycles. The van der Waals surface area contributed by atoms with Crippen LogP contribution >= 0.6 is 11.3 Å². The number of esters is 1. The largest absolute Gasteiger partial charge is 0.492 e. The number of aryl methyl sites for hydroxylation is 1. The quantitative estimate of drug-likeness (QED) is 0.748. The molecular weight excluding hydrogens is 190 g/mol. The maximum atomic E-state index is 11.0. The van der Waals surface area contributed by atoms with Crippen molar-refractivity contribution in [3.05, 3.63) is 9.88 Å². The van der Waals surface area contributed by atoms with E-state index in [4.69, 9.17) is 9.84 Å². The Bertz CT molecular complexity index is 289. The summed E-state index contributed by atoms with van der Waals surface area (Å²) in [7, 11) is 0. The van der Waals surface area contributed by atoms with Gasteiger partial charge in [-0.25, -0.2) is 4.98 Å². The number of hydrogen-bond acceptors (Lipinski definition) is 5. The second kappa shape index (κ2) is 4.23. The maximum absolute atomic E-state index is 11.0. The molecule has 0 unspecified atom stereocenters. The molecule has 0 fully saturated rings. The van der Waals surface area contributed by atoms with Gasteiger partial charge in [-0.3, -0.25) is 4.79 Å². The molecule has 5 heteroatoms. The molecule has 0 radical (unpaired) electrons. The van der Waals surface area contributed by atoms with E-state index in [1.165, 1.54) is 11.3 Å². The average Bonchev–Trinajstić information content (AvgIpc) is 2.31. The number of carbonyl (C=O) groups is 1. The number of thiazole rings is 1. The van der Waals surface area contributed by atoms with Gasteiger partial charge in [-0.05, 0) is 13.8 Å². The van der Waals surface area contributed by atoms with E-state index in [-0.39, 0.29) is 18.3 Å². The number of rotatable bonds is 3. The van der Waals surface area contributed by atoms with Crippen molar-refractivity contribution in [1.29, 1.82) is 0 Å². The Morgan fingerprint density at radius 1 is 1.69 bits per heavy atom. The molecule has 0 aliphatic heterocycles. The number of hydrogen-bond donors (Lipinski definition) is 1. The molecule has 0 spiro atoms. The third kappa shape index (κ3) is 2.69. The zero-order valence-corrected chi connectivity index (χ0v) is 8.35. The van der Waals surface area contributed by atoms with Gasteiger partial charge in [0.05, 0.1) is 17.9 Å². The molecule has 1 rings (SSSR count). The van der Waals surface area contributed by atoms with Crippen molar-refractivity contribution < 1.29 is 14.6 Å². The Hall–Kier alpha value is -1.10. The third-order valence-electron chi connectivity index (χ3n) is 1.42. The van der Waals surface area contributed by atoms with Crippen LogP contribution < -0.4 is 0 Å². The molecule has 13 heavy (non-hydrogen) atoms. The molecule has 0 aromatic carbocycles. The highest BCUT2D eigenvalue weighted by molar-refractivity contribution is 7.11. The van der Waals surface area contributed by atoms with Crippen LogP contribution in [-0.4, -0.2) is 22.7 Å². The molecular formula is C8H11NO3S. The first kappa shape index (κ1) is 9.98. The van der Waals surface area contributed by atoms with Crippen molar-refractivity contribution in [3.63, 3.8) is 0 Å². The van der Waals surface area contributed by atoms with Crippen LogP contribution in [0.15, 0.2) is 0 Å². The molecule has 72 valence electrons. The highest BCUT2D eigenvalue weighted by Gasteiger charge is 2.10. The van der Waals surface area contributed by atoms with Gasteiger partial charge >= 0.3 is 5.97 Å². The fraction of sp³-hybridized carbons (Fsp3) is 0.500. The van der Waals surface area contributed by atoms with Crippen LogP contribution in [0.5, 0.6) is 5.88 Å². The minimum absolute atomic E-state index is 0.00398. The summed E-state index contributed by atoms with van der Waals surface area (Å²) in [6, 6.07) is 0. The summed E-state index contributed by atoms with van der Waals surface area (Å²) >= 11 is 1.31. The Morgan fingerprint density at radius 3 is 2.85 bits per heavy atom. The lowest BCUT2D eigenvalue weighted by molar-refractivity contribution is -0.142. The van der Waals surface area contributed by atoms with Crippen LogP contribution in [0.3, 0.4) is 0 Å². The van der Waals surface area contributed by atoms with E-state index in [1.54, 1.807) is 13.8 Å². The zero-order chi connectivity index (χ0) is 9.84. The second-order valence-electron chi connectivity index (χ2n) is 2.47. The molecule has 1 heterocycles. The lowest BCUT2D eigenvalue weighted by atomic mass is 10.4. The smallest absolute Gasteiger partial charge is 0.312 e. The first-order valence-corrected chi connectivity index (χ1v) is 4.76. The van der Waals surface area contributed by atoms with Gasteiger partial charge in [0, 0.05) is 0 Å². The van der Waals surface area contributed by atoms with E-state index in [0.29, 0.717) is 11.6 Å². The van der Waals surface area contributed by atoms with Gasteiger partial charge < -0.3 is 9.84 Å². The normalized spacial score (nSPS) is 10.0. The van der Waals surface area contributed by atoms with E-state index in [0.717, 1.165) is 4.88 Å². The van der Waals surface area contributed by atoms with Crippen molar-refractivity contribution in [3.8, 4) is 5.88 Å². The lowest BCUT2D eigenvalue weighted by Gasteiger charge is -1.97. The minimum atomic E-state index is -0.309. The van der Waals surface area contributed by atoms with Gasteiger partial charge in [0.25, 0.3) is 0 Å². The topological polar surface area (TPSA) is 59.4 Å². The summed E-state index contributed by atoms with van der Waals surface area (Å²) in [5, 5.41) is 9.72. The van der Waals surface area contributed by atoms with Gasteiger partial charge in [0.15, 0.2) is 0 Å². The van der Waals surface area contributed by atoms with Crippen molar-refractivity contribution in [2.45, 2.75) is 20.3 Å². The van der Waals surface area contributed by atoms with Crippen LogP contribution in [0.25, 0.3) is 0 Å². The summed E-state index contributed by atoms with van der Waals surface area (Å²) in [6.45, 7) is 3.87. The Balaban J connectivity index is 2.59. The SMILES string of the molecule is CCOC(=O)Cc1nc(O)c(C)s1. The van der Waals surface area contributed by atoms with E-state index in [1.807, 2.05) is 0 Å². The van der Waals surface area contributed by atoms with Crippen LogP contribution in [0, 0.1) is 6.92 Å². The molecule has 0 amide bonds. The maximum Gasteiger partial charge on any atom is 0.312 e. The standard InChI is InChI=1S/C8H11NO3S/c1-3-12-7(10)4-6-9-8(11)5(2)13-6/h11H,3-4H2,1-2H3. The molecule has 1 N–H and O–H groups in total. The van der Waals surface area contributed by atoms with Crippen molar-refractivity contribution >= 4 is 17.3 Å². The van der Waals surface area contributed by atoms with E-state index in [9.17, 15) is 4.79 Å². The summed E-state index contributed by atoms with van der Waals surface area (Å²) < 4.78 is 4.74. The molecule has 0 atom stereocenters. The average molecular weight is 201 g/mol. The first-order chi connectivity index (χ1) is 6.13. The fourth-order valence-electron chi connectivity index (χ4n) is 0.853. The lowest BCUT2D eigenvalue weighted by Crippen LogP contribution is -2.06. The van der Waals surface area contributed by atoms with Crippen molar-refractivity contribution in [2.24, 2.45) is 0 Å².